The van der Waals surface area contributed by atoms with Gasteiger partial charge in [-0.25, -0.2) is 9.78 Å². The zero-order valence-corrected chi connectivity index (χ0v) is 21.4. The third kappa shape index (κ3) is 7.69. The van der Waals surface area contributed by atoms with Crippen LogP contribution in [-0.4, -0.2) is 50.2 Å². The van der Waals surface area contributed by atoms with Crippen molar-refractivity contribution >= 4 is 52.8 Å². The lowest BCUT2D eigenvalue weighted by molar-refractivity contribution is -0.116. The van der Waals surface area contributed by atoms with Gasteiger partial charge in [-0.1, -0.05) is 29.8 Å². The number of rotatable bonds is 9. The van der Waals surface area contributed by atoms with Crippen molar-refractivity contribution in [3.8, 4) is 5.69 Å². The van der Waals surface area contributed by atoms with Crippen LogP contribution >= 0.6 is 11.6 Å². The molecule has 3 N–H and O–H groups in total. The first kappa shape index (κ1) is 26.9. The maximum atomic E-state index is 12.7. The Labute approximate surface area is 228 Å². The molecule has 2 aromatic heterocycles. The Bertz CT molecular complexity index is 1490. The first-order chi connectivity index (χ1) is 18.9. The van der Waals surface area contributed by atoms with E-state index in [-0.39, 0.29) is 18.2 Å². The zero-order valence-electron chi connectivity index (χ0n) is 20.7. The van der Waals surface area contributed by atoms with Gasteiger partial charge < -0.3 is 15.4 Å². The molecule has 0 aliphatic carbocycles. The lowest BCUT2D eigenvalue weighted by atomic mass is 10.1. The van der Waals surface area contributed by atoms with Crippen LogP contribution in [0.15, 0.2) is 73.2 Å². The van der Waals surface area contributed by atoms with E-state index < -0.39 is 6.09 Å². The first-order valence-electron chi connectivity index (χ1n) is 11.6. The van der Waals surface area contributed by atoms with E-state index in [1.54, 1.807) is 48.5 Å². The Morgan fingerprint density at radius 1 is 1.05 bits per heavy atom. The van der Waals surface area contributed by atoms with Gasteiger partial charge in [0.1, 0.15) is 12.1 Å². The maximum Gasteiger partial charge on any atom is 0.411 e. The van der Waals surface area contributed by atoms with Gasteiger partial charge in [0.05, 0.1) is 24.7 Å². The predicted octanol–water partition coefficient (Wildman–Crippen LogP) is 4.11. The second-order valence-corrected chi connectivity index (χ2v) is 8.47. The number of amides is 3. The maximum absolute atomic E-state index is 12.7. The van der Waals surface area contributed by atoms with Crippen molar-refractivity contribution in [1.29, 1.82) is 0 Å². The topological polar surface area (TPSA) is 153 Å². The Kier molecular flexibility index (Phi) is 8.93. The Balaban J connectivity index is 1.35. The van der Waals surface area contributed by atoms with Crippen molar-refractivity contribution in [2.75, 3.05) is 23.1 Å². The average molecular weight is 547 g/mol. The van der Waals surface area contributed by atoms with Crippen LogP contribution in [-0.2, 0) is 20.7 Å². The van der Waals surface area contributed by atoms with Gasteiger partial charge in [-0.3, -0.25) is 14.9 Å². The predicted molar refractivity (Wildman–Crippen MR) is 145 cm³/mol. The molecule has 0 unspecified atom stereocenters. The van der Waals surface area contributed by atoms with Crippen molar-refractivity contribution < 1.29 is 19.1 Å². The van der Waals surface area contributed by atoms with Gasteiger partial charge in [-0.2, -0.15) is 4.68 Å². The third-order valence-corrected chi connectivity index (χ3v) is 5.59. The molecular weight excluding hydrogens is 524 g/mol. The summed E-state index contributed by atoms with van der Waals surface area (Å²) in [7, 11) is 1.26. The monoisotopic (exact) mass is 546 g/mol. The van der Waals surface area contributed by atoms with Crippen LogP contribution in [0.5, 0.6) is 0 Å². The summed E-state index contributed by atoms with van der Waals surface area (Å²) in [6, 6.07) is 15.5. The van der Waals surface area contributed by atoms with Gasteiger partial charge in [-0.15, -0.1) is 5.10 Å². The molecule has 4 aromatic rings. The van der Waals surface area contributed by atoms with E-state index in [2.05, 4.69) is 41.2 Å². The summed E-state index contributed by atoms with van der Waals surface area (Å²) in [5.41, 5.74) is 3.11. The number of benzene rings is 2. The summed E-state index contributed by atoms with van der Waals surface area (Å²) >= 11 is 6.13. The highest BCUT2D eigenvalue weighted by Crippen LogP contribution is 2.21. The van der Waals surface area contributed by atoms with Gasteiger partial charge in [0.2, 0.25) is 11.8 Å². The molecule has 0 aliphatic heterocycles. The molecule has 4 rings (SSSR count). The zero-order chi connectivity index (χ0) is 27.6. The summed E-state index contributed by atoms with van der Waals surface area (Å²) in [5, 5.41) is 19.7. The molecule has 198 valence electrons. The van der Waals surface area contributed by atoms with E-state index in [1.807, 2.05) is 12.1 Å². The minimum absolute atomic E-state index is 0.157. The normalized spacial score (nSPS) is 10.7. The summed E-state index contributed by atoms with van der Waals surface area (Å²) in [6.45, 7) is 0. The largest absolute Gasteiger partial charge is 0.453 e. The number of nitrogens with zero attached hydrogens (tertiary/aromatic N) is 5. The van der Waals surface area contributed by atoms with E-state index in [4.69, 9.17) is 11.6 Å². The molecule has 39 heavy (non-hydrogen) atoms. The molecule has 0 saturated heterocycles. The lowest BCUT2D eigenvalue weighted by Crippen LogP contribution is -2.15. The van der Waals surface area contributed by atoms with Crippen molar-refractivity contribution in [2.24, 2.45) is 0 Å². The first-order valence-corrected chi connectivity index (χ1v) is 12.0. The summed E-state index contributed by atoms with van der Waals surface area (Å²) in [5.74, 6) is -0.281. The van der Waals surface area contributed by atoms with Crippen LogP contribution in [0.4, 0.5) is 22.0 Å². The minimum Gasteiger partial charge on any atom is -0.453 e. The van der Waals surface area contributed by atoms with Crippen molar-refractivity contribution in [3.05, 3.63) is 89.3 Å². The molecule has 0 spiro atoms. The van der Waals surface area contributed by atoms with E-state index in [1.165, 1.54) is 30.4 Å². The van der Waals surface area contributed by atoms with Crippen LogP contribution in [0.1, 0.15) is 17.5 Å². The van der Waals surface area contributed by atoms with E-state index >= 15 is 0 Å². The summed E-state index contributed by atoms with van der Waals surface area (Å²) in [6.07, 6.45) is 5.77. The SMILES string of the molecule is COC(=O)Nc1ccc(NC(=O)CCc2ccccc2NC(=O)C=Cc2cc(Cl)ccc2-n2cnnn2)nc1. The molecule has 13 heteroatoms. The lowest BCUT2D eigenvalue weighted by Gasteiger charge is -2.10. The second kappa shape index (κ2) is 12.9. The van der Waals surface area contributed by atoms with Crippen LogP contribution in [0.3, 0.4) is 0 Å². The number of carbonyl (C=O) groups is 3. The number of nitrogens with one attached hydrogen (secondary N) is 3. The van der Waals surface area contributed by atoms with Crippen molar-refractivity contribution in [2.45, 2.75) is 12.8 Å². The minimum atomic E-state index is -0.617. The number of tetrazole rings is 1. The summed E-state index contributed by atoms with van der Waals surface area (Å²) < 4.78 is 5.99. The fraction of sp³-hybridized carbons (Fsp3) is 0.115. The number of hydrogen-bond acceptors (Lipinski definition) is 8. The Morgan fingerprint density at radius 2 is 1.90 bits per heavy atom. The van der Waals surface area contributed by atoms with E-state index in [0.717, 1.165) is 5.56 Å². The summed E-state index contributed by atoms with van der Waals surface area (Å²) in [4.78, 5) is 40.6. The van der Waals surface area contributed by atoms with Gasteiger partial charge in [0.15, 0.2) is 0 Å². The van der Waals surface area contributed by atoms with Crippen LogP contribution in [0.2, 0.25) is 5.02 Å². The van der Waals surface area contributed by atoms with Gasteiger partial charge in [0, 0.05) is 28.8 Å². The fourth-order valence-electron chi connectivity index (χ4n) is 3.50. The molecule has 2 aromatic carbocycles. The van der Waals surface area contributed by atoms with Gasteiger partial charge in [-0.05, 0) is 64.9 Å². The highest BCUT2D eigenvalue weighted by molar-refractivity contribution is 6.30. The molecule has 0 saturated carbocycles. The highest BCUT2D eigenvalue weighted by atomic mass is 35.5. The molecule has 0 aliphatic rings. The average Bonchev–Trinajstić information content (AvgIpc) is 3.47. The number of aryl methyl sites for hydroxylation is 1. The van der Waals surface area contributed by atoms with Crippen LogP contribution < -0.4 is 16.0 Å². The van der Waals surface area contributed by atoms with Crippen molar-refractivity contribution in [3.63, 3.8) is 0 Å². The number of halogens is 1. The fourth-order valence-corrected chi connectivity index (χ4v) is 3.68. The van der Waals surface area contributed by atoms with Gasteiger partial charge >= 0.3 is 6.09 Å². The molecule has 0 bridgehead atoms. The molecule has 0 atom stereocenters. The van der Waals surface area contributed by atoms with E-state index in [0.29, 0.717) is 39.9 Å². The number of para-hydroxylation sites is 1. The van der Waals surface area contributed by atoms with E-state index in [9.17, 15) is 14.4 Å². The number of pyridine rings is 1. The molecule has 0 radical (unpaired) electrons. The quantitative estimate of drug-likeness (QED) is 0.265. The standard InChI is InChI=1S/C26H23ClN8O4/c1-39-26(38)30-20-9-11-23(28-15-20)32-25(37)12-6-17-4-2-3-5-21(17)31-24(36)13-7-18-14-19(27)8-10-22(18)35-16-29-33-34-35/h2-5,7-11,13-16H,6,12H2,1H3,(H,30,38)(H,31,36)(H,28,32,37). The molecule has 2 heterocycles. The number of ether oxygens (including phenoxy) is 1. The smallest absolute Gasteiger partial charge is 0.411 e. The number of aromatic nitrogens is 5. The third-order valence-electron chi connectivity index (χ3n) is 5.36. The molecular formula is C26H23ClN8O4. The van der Waals surface area contributed by atoms with Crippen molar-refractivity contribution in [1.82, 2.24) is 25.2 Å². The van der Waals surface area contributed by atoms with Crippen LogP contribution in [0, 0.1) is 0 Å². The van der Waals surface area contributed by atoms with Crippen LogP contribution in [0.25, 0.3) is 11.8 Å². The number of methoxy groups -OCH3 is 1. The molecule has 12 nitrogen and oxygen atoms in total. The number of hydrogen-bond donors (Lipinski definition) is 3. The Hall–Kier alpha value is -5.10. The number of anilines is 3. The highest BCUT2D eigenvalue weighted by Gasteiger charge is 2.10. The molecule has 0 fully saturated rings. The van der Waals surface area contributed by atoms with Gasteiger partial charge in [0.25, 0.3) is 0 Å². The number of carbonyl (C=O) groups excluding carboxylic acids is 3. The Morgan fingerprint density at radius 3 is 2.64 bits per heavy atom. The second-order valence-electron chi connectivity index (χ2n) is 8.03. The molecule has 3 amide bonds.